The Kier molecular flexibility index (Phi) is 6.21. The number of ether oxygens (including phenoxy) is 2. The molecule has 1 aliphatic heterocycles. The third-order valence-electron chi connectivity index (χ3n) is 3.44. The minimum Gasteiger partial charge on any atom is -0.483 e. The van der Waals surface area contributed by atoms with E-state index in [0.29, 0.717) is 19.0 Å². The van der Waals surface area contributed by atoms with Crippen LogP contribution < -0.4 is 10.1 Å². The molecule has 1 aliphatic rings. The number of carbonyl (C=O) groups is 2. The van der Waals surface area contributed by atoms with Crippen LogP contribution in [0.25, 0.3) is 0 Å². The predicted octanol–water partition coefficient (Wildman–Crippen LogP) is 1.82. The van der Waals surface area contributed by atoms with Crippen LogP contribution in [0.5, 0.6) is 5.75 Å². The Balaban J connectivity index is 1.88. The molecule has 1 aromatic rings. The molecule has 1 fully saturated rings. The molecule has 0 aliphatic carbocycles. The van der Waals surface area contributed by atoms with Crippen molar-refractivity contribution >= 4 is 27.8 Å². The molecule has 7 heteroatoms. The van der Waals surface area contributed by atoms with Crippen LogP contribution in [0.2, 0.25) is 0 Å². The molecule has 6 nitrogen and oxygen atoms in total. The van der Waals surface area contributed by atoms with Crippen molar-refractivity contribution in [3.63, 3.8) is 0 Å². The van der Waals surface area contributed by atoms with Gasteiger partial charge in [0.1, 0.15) is 11.8 Å². The molecule has 1 amide bonds. The quantitative estimate of drug-likeness (QED) is 0.796. The van der Waals surface area contributed by atoms with Gasteiger partial charge >= 0.3 is 5.97 Å². The van der Waals surface area contributed by atoms with E-state index in [9.17, 15) is 14.7 Å². The van der Waals surface area contributed by atoms with Crippen molar-refractivity contribution in [2.45, 2.75) is 18.9 Å². The second kappa shape index (κ2) is 8.14. The fourth-order valence-electron chi connectivity index (χ4n) is 2.33. The lowest BCUT2D eigenvalue weighted by molar-refractivity contribution is -0.145. The van der Waals surface area contributed by atoms with Gasteiger partial charge < -0.3 is 19.9 Å². The standard InChI is InChI=1S/C15H18BrNO5/c16-11-5-1-2-6-12(11)22-9-13(18)17-14(15(19)20)10-4-3-7-21-8-10/h1-2,5-6,10,14H,3-4,7-9H2,(H,17,18)(H,19,20). The molecule has 0 bridgehead atoms. The zero-order valence-electron chi connectivity index (χ0n) is 12.0. The maximum absolute atomic E-state index is 11.9. The summed E-state index contributed by atoms with van der Waals surface area (Å²) in [5.41, 5.74) is 0. The first-order valence-electron chi connectivity index (χ1n) is 7.05. The van der Waals surface area contributed by atoms with E-state index >= 15 is 0 Å². The number of carboxylic acid groups (broad SMARTS) is 1. The van der Waals surface area contributed by atoms with Crippen molar-refractivity contribution in [2.24, 2.45) is 5.92 Å². The normalized spacial score (nSPS) is 19.2. The Morgan fingerprint density at radius 3 is 2.86 bits per heavy atom. The monoisotopic (exact) mass is 371 g/mol. The Hall–Kier alpha value is -1.60. The summed E-state index contributed by atoms with van der Waals surface area (Å²) in [6.45, 7) is 0.754. The van der Waals surface area contributed by atoms with Crippen molar-refractivity contribution in [1.82, 2.24) is 5.32 Å². The molecule has 2 atom stereocenters. The van der Waals surface area contributed by atoms with Gasteiger partial charge in [0, 0.05) is 12.5 Å². The number of rotatable bonds is 6. The highest BCUT2D eigenvalue weighted by molar-refractivity contribution is 9.10. The van der Waals surface area contributed by atoms with Crippen molar-refractivity contribution < 1.29 is 24.2 Å². The van der Waals surface area contributed by atoms with E-state index in [2.05, 4.69) is 21.2 Å². The summed E-state index contributed by atoms with van der Waals surface area (Å²) in [5, 5.41) is 11.8. The summed E-state index contributed by atoms with van der Waals surface area (Å²) in [4.78, 5) is 23.3. The molecule has 1 heterocycles. The Morgan fingerprint density at radius 1 is 1.45 bits per heavy atom. The Bertz CT molecular complexity index is 530. The summed E-state index contributed by atoms with van der Waals surface area (Å²) in [6.07, 6.45) is 1.53. The summed E-state index contributed by atoms with van der Waals surface area (Å²) in [5.74, 6) is -1.19. The van der Waals surface area contributed by atoms with Crippen LogP contribution in [0.3, 0.4) is 0 Å². The number of aliphatic carboxylic acids is 1. The van der Waals surface area contributed by atoms with Gasteiger partial charge in [-0.2, -0.15) is 0 Å². The van der Waals surface area contributed by atoms with Gasteiger partial charge in [-0.15, -0.1) is 0 Å². The molecule has 0 spiro atoms. The van der Waals surface area contributed by atoms with Gasteiger partial charge in [-0.05, 0) is 40.9 Å². The van der Waals surface area contributed by atoms with Crippen molar-refractivity contribution in [3.05, 3.63) is 28.7 Å². The largest absolute Gasteiger partial charge is 0.483 e. The third-order valence-corrected chi connectivity index (χ3v) is 4.10. The van der Waals surface area contributed by atoms with E-state index in [0.717, 1.165) is 17.3 Å². The van der Waals surface area contributed by atoms with Gasteiger partial charge in [0.05, 0.1) is 11.1 Å². The van der Waals surface area contributed by atoms with Gasteiger partial charge in [0.2, 0.25) is 0 Å². The van der Waals surface area contributed by atoms with Crippen LogP contribution in [0.1, 0.15) is 12.8 Å². The molecule has 120 valence electrons. The Labute approximate surface area is 136 Å². The molecule has 0 saturated carbocycles. The minimum atomic E-state index is -1.05. The van der Waals surface area contributed by atoms with Crippen LogP contribution in [-0.4, -0.2) is 42.8 Å². The number of halogens is 1. The fraction of sp³-hybridized carbons (Fsp3) is 0.467. The van der Waals surface area contributed by atoms with Crippen molar-refractivity contribution in [1.29, 1.82) is 0 Å². The maximum Gasteiger partial charge on any atom is 0.326 e. The number of para-hydroxylation sites is 1. The number of nitrogens with one attached hydrogen (secondary N) is 1. The van der Waals surface area contributed by atoms with Crippen molar-refractivity contribution in [3.8, 4) is 5.75 Å². The molecule has 1 saturated heterocycles. The number of benzene rings is 1. The van der Waals surface area contributed by atoms with E-state index in [-0.39, 0.29) is 12.5 Å². The molecule has 0 radical (unpaired) electrons. The van der Waals surface area contributed by atoms with E-state index in [1.165, 1.54) is 0 Å². The molecular weight excluding hydrogens is 354 g/mol. The summed E-state index contributed by atoms with van der Waals surface area (Å²) >= 11 is 3.32. The highest BCUT2D eigenvalue weighted by Crippen LogP contribution is 2.23. The smallest absolute Gasteiger partial charge is 0.326 e. The molecule has 0 aromatic heterocycles. The third kappa shape index (κ3) is 4.71. The molecule has 2 N–H and O–H groups in total. The predicted molar refractivity (Wildman–Crippen MR) is 82.7 cm³/mol. The van der Waals surface area contributed by atoms with Crippen LogP contribution in [0, 0.1) is 5.92 Å². The second-order valence-corrected chi connectivity index (χ2v) is 5.93. The second-order valence-electron chi connectivity index (χ2n) is 5.08. The zero-order valence-corrected chi connectivity index (χ0v) is 13.5. The average Bonchev–Trinajstić information content (AvgIpc) is 2.52. The molecule has 2 rings (SSSR count). The van der Waals surface area contributed by atoms with Crippen LogP contribution in [0.15, 0.2) is 28.7 Å². The average molecular weight is 372 g/mol. The van der Waals surface area contributed by atoms with Gasteiger partial charge in [0.15, 0.2) is 6.61 Å². The molecule has 22 heavy (non-hydrogen) atoms. The van der Waals surface area contributed by atoms with Crippen LogP contribution in [0.4, 0.5) is 0 Å². The van der Waals surface area contributed by atoms with Gasteiger partial charge in [-0.25, -0.2) is 4.79 Å². The van der Waals surface area contributed by atoms with Gasteiger partial charge in [0.25, 0.3) is 5.91 Å². The van der Waals surface area contributed by atoms with Gasteiger partial charge in [-0.1, -0.05) is 12.1 Å². The molecular formula is C15H18BrNO5. The first kappa shape index (κ1) is 16.8. The Morgan fingerprint density at radius 2 is 2.23 bits per heavy atom. The summed E-state index contributed by atoms with van der Waals surface area (Å²) < 4.78 is 11.4. The van der Waals surface area contributed by atoms with Crippen LogP contribution in [-0.2, 0) is 14.3 Å². The lowest BCUT2D eigenvalue weighted by Gasteiger charge is -2.28. The number of amides is 1. The summed E-state index contributed by atoms with van der Waals surface area (Å²) in [7, 11) is 0. The number of hydrogen-bond acceptors (Lipinski definition) is 4. The van der Waals surface area contributed by atoms with E-state index in [1.54, 1.807) is 18.2 Å². The zero-order chi connectivity index (χ0) is 15.9. The maximum atomic E-state index is 11.9. The topological polar surface area (TPSA) is 84.9 Å². The lowest BCUT2D eigenvalue weighted by atomic mass is 9.94. The lowest BCUT2D eigenvalue weighted by Crippen LogP contribution is -2.49. The summed E-state index contributed by atoms with van der Waals surface area (Å²) in [6, 6.07) is 6.20. The van der Waals surface area contributed by atoms with Gasteiger partial charge in [-0.3, -0.25) is 4.79 Å². The number of carbonyl (C=O) groups excluding carboxylic acids is 1. The molecule has 2 unspecified atom stereocenters. The minimum absolute atomic E-state index is 0.210. The van der Waals surface area contributed by atoms with E-state index in [4.69, 9.17) is 9.47 Å². The SMILES string of the molecule is O=C(COc1ccccc1Br)NC(C(=O)O)C1CCCOC1. The molecule has 1 aromatic carbocycles. The van der Waals surface area contributed by atoms with Crippen LogP contribution >= 0.6 is 15.9 Å². The fourth-order valence-corrected chi connectivity index (χ4v) is 2.73. The number of carboxylic acids is 1. The highest BCUT2D eigenvalue weighted by Gasteiger charge is 2.31. The highest BCUT2D eigenvalue weighted by atomic mass is 79.9. The first-order valence-corrected chi connectivity index (χ1v) is 7.84. The van der Waals surface area contributed by atoms with Crippen molar-refractivity contribution in [2.75, 3.05) is 19.8 Å². The van der Waals surface area contributed by atoms with E-state index in [1.807, 2.05) is 6.07 Å². The van der Waals surface area contributed by atoms with E-state index < -0.39 is 17.9 Å². The number of hydrogen-bond donors (Lipinski definition) is 2. The first-order chi connectivity index (χ1) is 10.6.